The fourth-order valence-electron chi connectivity index (χ4n) is 5.21. The van der Waals surface area contributed by atoms with Crippen LogP contribution in [0.1, 0.15) is 42.5 Å². The highest BCUT2D eigenvalue weighted by Gasteiger charge is 2.42. The van der Waals surface area contributed by atoms with Gasteiger partial charge in [0.1, 0.15) is 13.5 Å². The number of carbonyl (C=O) groups excluding carboxylic acids is 3. The van der Waals surface area contributed by atoms with Crippen LogP contribution in [0.2, 0.25) is 1.41 Å². The number of imidazole rings is 1. The predicted octanol–water partition coefficient (Wildman–Crippen LogP) is 1.44. The molecule has 1 aliphatic heterocycles. The summed E-state index contributed by atoms with van der Waals surface area (Å²) in [5, 5.41) is 5.86. The second kappa shape index (κ2) is 16.5. The van der Waals surface area contributed by atoms with E-state index in [2.05, 4.69) is 26.3 Å². The van der Waals surface area contributed by atoms with E-state index in [-0.39, 0.29) is 37.3 Å². The topological polar surface area (TPSA) is 168 Å². The third-order valence-corrected chi connectivity index (χ3v) is 7.55. The van der Waals surface area contributed by atoms with Gasteiger partial charge in [-0.3, -0.25) is 14.4 Å². The van der Waals surface area contributed by atoms with Gasteiger partial charge in [0.05, 0.1) is 25.1 Å². The number of hydrogen-bond acceptors (Lipinski definition) is 7. The molecule has 4 rings (SSSR count). The van der Waals surface area contributed by atoms with Gasteiger partial charge in [0.2, 0.25) is 17.7 Å². The van der Waals surface area contributed by atoms with Crippen LogP contribution < -0.4 is 22.1 Å². The molecule has 3 amide bonds. The smallest absolute Gasteiger partial charge is 0.246 e. The highest BCUT2D eigenvalue weighted by atomic mass is 16.5. The van der Waals surface area contributed by atoms with Gasteiger partial charge in [-0.1, -0.05) is 67.1 Å². The first-order valence-corrected chi connectivity index (χ1v) is 14.9. The maximum atomic E-state index is 14.2. The molecule has 1 aromatic heterocycles. The van der Waals surface area contributed by atoms with E-state index in [1.165, 1.54) is 11.2 Å². The number of hydrogen-bond donors (Lipinski definition) is 5. The van der Waals surface area contributed by atoms with E-state index in [4.69, 9.17) is 11.9 Å². The number of carbonyl (C=O) groups is 3. The van der Waals surface area contributed by atoms with Crippen LogP contribution in [0.15, 0.2) is 73.2 Å². The Morgan fingerprint density at radius 2 is 1.79 bits per heavy atom. The summed E-state index contributed by atoms with van der Waals surface area (Å²) in [5.41, 5.74) is 10.4. The average molecular weight is 591 g/mol. The number of H-pyrrole nitrogens is 1. The van der Waals surface area contributed by atoms with Gasteiger partial charge in [0, 0.05) is 44.2 Å². The molecule has 0 unspecified atom stereocenters. The Hall–Kier alpha value is -4.06. The van der Waals surface area contributed by atoms with Crippen molar-refractivity contribution in [1.82, 2.24) is 25.5 Å². The van der Waals surface area contributed by atoms with Crippen molar-refractivity contribution in [2.45, 2.75) is 69.4 Å². The summed E-state index contributed by atoms with van der Waals surface area (Å²) in [5.74, 6) is -1.12. The van der Waals surface area contributed by atoms with Crippen molar-refractivity contribution in [3.05, 3.63) is 90.0 Å². The van der Waals surface area contributed by atoms with Crippen LogP contribution in [-0.2, 0) is 38.6 Å². The van der Waals surface area contributed by atoms with Crippen LogP contribution in [0.25, 0.3) is 0 Å². The van der Waals surface area contributed by atoms with E-state index in [9.17, 15) is 14.4 Å². The standard InChI is InChI=1S/C32H43N7O4/c33-14-8-3-9-15-36-31(41)29-18-26(43-21-24-12-6-2-7-13-24)20-39(29)32(42)28(16-23-10-4-1-5-11-23)38-30(40)27(34)17-25-19-35-22-37-25/h1-2,4-7,10-13,19,22,26-29H,3,8-9,14-18,20-21,33-34H2,(H,35,37)(H,36,41)(H,38,40)/t26-,27+,28+,29+/m1/s1/i/hD. The SMILES string of the molecule is [2H]N[C@@H](Cc1cnc[nH]1)C(=O)N[C@@H](Cc1ccccc1)C(=O)N1C[C@H](OCc2ccccc2)C[C@H]1C(=O)NCCCCCN. The summed E-state index contributed by atoms with van der Waals surface area (Å²) in [6, 6.07) is 16.5. The van der Waals surface area contributed by atoms with Gasteiger partial charge in [-0.15, -0.1) is 0 Å². The Bertz CT molecular complexity index is 1300. The number of amides is 3. The van der Waals surface area contributed by atoms with Gasteiger partial charge in [-0.25, -0.2) is 4.98 Å². The number of nitrogens with one attached hydrogen (secondary N) is 3. The maximum Gasteiger partial charge on any atom is 0.246 e. The molecule has 3 aromatic rings. The molecular formula is C32H43N7O4. The van der Waals surface area contributed by atoms with Crippen molar-refractivity contribution >= 4 is 17.7 Å². The molecule has 0 bridgehead atoms. The minimum absolute atomic E-state index is 0.190. The zero-order valence-electron chi connectivity index (χ0n) is 25.4. The minimum Gasteiger partial charge on any atom is -0.372 e. The molecule has 1 fully saturated rings. The molecule has 4 atom stereocenters. The van der Waals surface area contributed by atoms with Crippen LogP contribution >= 0.6 is 0 Å². The number of nitrogens with two attached hydrogens (primary N) is 2. The number of ether oxygens (including phenoxy) is 1. The van der Waals surface area contributed by atoms with E-state index in [1.807, 2.05) is 60.7 Å². The lowest BCUT2D eigenvalue weighted by Crippen LogP contribution is -2.56. The molecule has 0 spiro atoms. The van der Waals surface area contributed by atoms with Crippen LogP contribution in [0.3, 0.4) is 0 Å². The third-order valence-electron chi connectivity index (χ3n) is 7.55. The molecular weight excluding hydrogens is 546 g/mol. The number of nitrogens with zero attached hydrogens (tertiary/aromatic N) is 2. The molecule has 0 saturated carbocycles. The van der Waals surface area contributed by atoms with Crippen molar-refractivity contribution in [1.29, 1.82) is 0 Å². The molecule has 11 heteroatoms. The number of aromatic nitrogens is 2. The summed E-state index contributed by atoms with van der Waals surface area (Å²) in [6.45, 7) is 1.66. The van der Waals surface area contributed by atoms with Gasteiger partial charge >= 0.3 is 0 Å². The molecule has 0 radical (unpaired) electrons. The number of likely N-dealkylation sites (tertiary alicyclic amines) is 1. The summed E-state index contributed by atoms with van der Waals surface area (Å²) in [6.07, 6.45) is 6.07. The quantitative estimate of drug-likeness (QED) is 0.148. The lowest BCUT2D eigenvalue weighted by Gasteiger charge is -2.29. The van der Waals surface area contributed by atoms with Gasteiger partial charge in [0.15, 0.2) is 0 Å². The highest BCUT2D eigenvalue weighted by Crippen LogP contribution is 2.24. The van der Waals surface area contributed by atoms with Crippen LogP contribution in [0.4, 0.5) is 0 Å². The van der Waals surface area contributed by atoms with Gasteiger partial charge < -0.3 is 36.7 Å². The van der Waals surface area contributed by atoms with Gasteiger partial charge in [-0.05, 0) is 30.5 Å². The second-order valence-electron chi connectivity index (χ2n) is 10.9. The highest BCUT2D eigenvalue weighted by molar-refractivity contribution is 5.93. The van der Waals surface area contributed by atoms with Crippen LogP contribution in [0, 0.1) is 0 Å². The van der Waals surface area contributed by atoms with Crippen molar-refractivity contribution in [3.63, 3.8) is 0 Å². The first-order valence-electron chi connectivity index (χ1n) is 15.4. The van der Waals surface area contributed by atoms with Crippen molar-refractivity contribution in [2.24, 2.45) is 11.5 Å². The Balaban J connectivity index is 1.51. The van der Waals surface area contributed by atoms with E-state index < -0.39 is 24.0 Å². The maximum absolute atomic E-state index is 14.2. The molecule has 230 valence electrons. The third kappa shape index (κ3) is 9.74. The van der Waals surface area contributed by atoms with E-state index in [0.717, 1.165) is 30.4 Å². The van der Waals surface area contributed by atoms with Gasteiger partial charge in [0.25, 0.3) is 0 Å². The Morgan fingerprint density at radius 1 is 1.05 bits per heavy atom. The largest absolute Gasteiger partial charge is 0.372 e. The average Bonchev–Trinajstić information content (AvgIpc) is 3.73. The Kier molecular flexibility index (Phi) is 11.7. The van der Waals surface area contributed by atoms with Crippen molar-refractivity contribution in [2.75, 3.05) is 19.6 Å². The van der Waals surface area contributed by atoms with Gasteiger partial charge in [-0.2, -0.15) is 0 Å². The number of unbranched alkanes of at least 4 members (excludes halogenated alkanes) is 2. The Morgan fingerprint density at radius 3 is 2.47 bits per heavy atom. The predicted molar refractivity (Wildman–Crippen MR) is 163 cm³/mol. The fourth-order valence-corrected chi connectivity index (χ4v) is 5.21. The molecule has 43 heavy (non-hydrogen) atoms. The molecule has 2 aromatic carbocycles. The zero-order chi connectivity index (χ0) is 31.1. The van der Waals surface area contributed by atoms with Crippen LogP contribution in [-0.4, -0.2) is 76.5 Å². The normalized spacial score (nSPS) is 18.1. The monoisotopic (exact) mass is 590 g/mol. The first kappa shape index (κ1) is 30.4. The lowest BCUT2D eigenvalue weighted by atomic mass is 10.0. The summed E-state index contributed by atoms with van der Waals surface area (Å²) >= 11 is 0. The fraction of sp³-hybridized carbons (Fsp3) is 0.438. The first-order chi connectivity index (χ1) is 21.5. The van der Waals surface area contributed by atoms with Crippen molar-refractivity contribution < 1.29 is 20.5 Å². The van der Waals surface area contributed by atoms with Crippen molar-refractivity contribution in [3.8, 4) is 0 Å². The number of aromatic amines is 1. The zero-order valence-corrected chi connectivity index (χ0v) is 24.4. The van der Waals surface area contributed by atoms with E-state index in [0.29, 0.717) is 31.8 Å². The molecule has 11 nitrogen and oxygen atoms in total. The minimum atomic E-state index is -0.963. The Labute approximate surface area is 254 Å². The molecule has 0 aliphatic carbocycles. The molecule has 1 saturated heterocycles. The summed E-state index contributed by atoms with van der Waals surface area (Å²) in [4.78, 5) is 49.5. The lowest BCUT2D eigenvalue weighted by molar-refractivity contribution is -0.141. The van der Waals surface area contributed by atoms with Crippen LogP contribution in [0.5, 0.6) is 0 Å². The molecule has 1 aliphatic rings. The van der Waals surface area contributed by atoms with E-state index >= 15 is 0 Å². The molecule has 7 N–H and O–H groups in total. The molecule has 2 heterocycles. The number of rotatable bonds is 17. The second-order valence-corrected chi connectivity index (χ2v) is 10.9. The van der Waals surface area contributed by atoms with E-state index in [1.54, 1.807) is 6.20 Å². The summed E-state index contributed by atoms with van der Waals surface area (Å²) < 4.78 is 13.9. The summed E-state index contributed by atoms with van der Waals surface area (Å²) in [7, 11) is 0. The number of benzene rings is 2.